The molecule has 108 valence electrons. The van der Waals surface area contributed by atoms with Crippen LogP contribution in [-0.2, 0) is 0 Å². The van der Waals surface area contributed by atoms with Crippen LogP contribution < -0.4 is 10.6 Å². The average Bonchev–Trinajstić information content (AvgIpc) is 2.44. The topological polar surface area (TPSA) is 85.2 Å². The smallest absolute Gasteiger partial charge is 0.319 e. The second-order valence-corrected chi connectivity index (χ2v) is 5.49. The third kappa shape index (κ3) is 5.72. The van der Waals surface area contributed by atoms with Gasteiger partial charge in [0.25, 0.3) is 0 Å². The summed E-state index contributed by atoms with van der Waals surface area (Å²) in [6.45, 7) is 4.80. The quantitative estimate of drug-likeness (QED) is 0.745. The summed E-state index contributed by atoms with van der Waals surface area (Å²) < 4.78 is 0. The molecule has 0 spiro atoms. The zero-order valence-corrected chi connectivity index (χ0v) is 11.9. The van der Waals surface area contributed by atoms with Gasteiger partial charge in [-0.1, -0.05) is 13.8 Å². The predicted molar refractivity (Wildman–Crippen MR) is 78.3 cm³/mol. The third-order valence-electron chi connectivity index (χ3n) is 3.01. The molecule has 0 unspecified atom stereocenters. The molecule has 0 aliphatic rings. The lowest BCUT2D eigenvalue weighted by Crippen LogP contribution is -2.36. The summed E-state index contributed by atoms with van der Waals surface area (Å²) >= 11 is 0. The van der Waals surface area contributed by atoms with Gasteiger partial charge in [0.1, 0.15) is 0 Å². The summed E-state index contributed by atoms with van der Waals surface area (Å²) in [5.74, 6) is 0. The predicted octanol–water partition coefficient (Wildman–Crippen LogP) is 2.48. The lowest BCUT2D eigenvalue weighted by molar-refractivity contribution is 0.227. The van der Waals surface area contributed by atoms with Crippen LogP contribution in [0, 0.1) is 16.7 Å². The fourth-order valence-electron chi connectivity index (χ4n) is 1.77. The first-order chi connectivity index (χ1) is 9.46. The van der Waals surface area contributed by atoms with E-state index >= 15 is 0 Å². The largest absolute Gasteiger partial charge is 0.396 e. The summed E-state index contributed by atoms with van der Waals surface area (Å²) in [6, 6.07) is 8.44. The SMILES string of the molecule is CC(C)(CCCO)CNC(=O)Nc1ccc(C#N)cc1. The number of carbonyl (C=O) groups excluding carboxylic acids is 1. The van der Waals surface area contributed by atoms with Crippen molar-refractivity contribution in [3.8, 4) is 6.07 Å². The molecule has 5 heteroatoms. The lowest BCUT2D eigenvalue weighted by Gasteiger charge is -2.24. The van der Waals surface area contributed by atoms with E-state index < -0.39 is 0 Å². The maximum atomic E-state index is 11.8. The number of hydrogen-bond donors (Lipinski definition) is 3. The molecule has 0 aliphatic carbocycles. The number of urea groups is 1. The van der Waals surface area contributed by atoms with E-state index in [-0.39, 0.29) is 18.1 Å². The van der Waals surface area contributed by atoms with Crippen molar-refractivity contribution in [3.05, 3.63) is 29.8 Å². The molecule has 5 nitrogen and oxygen atoms in total. The van der Waals surface area contributed by atoms with Crippen molar-refractivity contribution in [2.24, 2.45) is 5.41 Å². The molecule has 0 saturated heterocycles. The summed E-state index contributed by atoms with van der Waals surface area (Å²) in [6.07, 6.45) is 1.58. The molecule has 3 N–H and O–H groups in total. The van der Waals surface area contributed by atoms with Gasteiger partial charge in [-0.2, -0.15) is 5.26 Å². The second-order valence-electron chi connectivity index (χ2n) is 5.49. The molecule has 1 aromatic rings. The van der Waals surface area contributed by atoms with Crippen LogP contribution in [0.15, 0.2) is 24.3 Å². The van der Waals surface area contributed by atoms with E-state index in [0.717, 1.165) is 12.8 Å². The van der Waals surface area contributed by atoms with E-state index in [1.165, 1.54) is 0 Å². The van der Waals surface area contributed by atoms with Crippen molar-refractivity contribution in [2.75, 3.05) is 18.5 Å². The number of anilines is 1. The average molecular weight is 275 g/mol. The molecule has 1 rings (SSSR count). The summed E-state index contributed by atoms with van der Waals surface area (Å²) in [4.78, 5) is 11.8. The molecular weight excluding hydrogens is 254 g/mol. The van der Waals surface area contributed by atoms with E-state index in [0.29, 0.717) is 17.8 Å². The maximum absolute atomic E-state index is 11.8. The van der Waals surface area contributed by atoms with E-state index in [2.05, 4.69) is 10.6 Å². The monoisotopic (exact) mass is 275 g/mol. The summed E-state index contributed by atoms with van der Waals surface area (Å²) in [7, 11) is 0. The van der Waals surface area contributed by atoms with Gasteiger partial charge in [-0.15, -0.1) is 0 Å². The number of aliphatic hydroxyl groups excluding tert-OH is 1. The van der Waals surface area contributed by atoms with Gasteiger partial charge in [-0.3, -0.25) is 0 Å². The molecule has 0 heterocycles. The highest BCUT2D eigenvalue weighted by molar-refractivity contribution is 5.89. The van der Waals surface area contributed by atoms with Crippen LogP contribution in [-0.4, -0.2) is 24.3 Å². The van der Waals surface area contributed by atoms with Gasteiger partial charge in [-0.05, 0) is 42.5 Å². The van der Waals surface area contributed by atoms with Gasteiger partial charge < -0.3 is 15.7 Å². The van der Waals surface area contributed by atoms with Gasteiger partial charge in [0.2, 0.25) is 0 Å². The Hall–Kier alpha value is -2.06. The Morgan fingerprint density at radius 1 is 1.35 bits per heavy atom. The van der Waals surface area contributed by atoms with Crippen LogP contribution in [0.25, 0.3) is 0 Å². The second kappa shape index (κ2) is 7.51. The number of hydrogen-bond acceptors (Lipinski definition) is 3. The molecule has 1 aromatic carbocycles. The van der Waals surface area contributed by atoms with E-state index in [9.17, 15) is 4.79 Å². The molecule has 0 atom stereocenters. The van der Waals surface area contributed by atoms with Gasteiger partial charge in [0.05, 0.1) is 11.6 Å². The molecule has 0 bridgehead atoms. The highest BCUT2D eigenvalue weighted by Crippen LogP contribution is 2.20. The number of nitriles is 1. The normalized spacial score (nSPS) is 10.7. The van der Waals surface area contributed by atoms with Gasteiger partial charge in [0.15, 0.2) is 0 Å². The van der Waals surface area contributed by atoms with E-state index in [4.69, 9.17) is 10.4 Å². The standard InChI is InChI=1S/C15H21N3O2/c1-15(2,8-3-9-19)11-17-14(20)18-13-6-4-12(10-16)5-7-13/h4-7,19H,3,8-9,11H2,1-2H3,(H2,17,18,20). The Kier molecular flexibility index (Phi) is 6.01. The first-order valence-corrected chi connectivity index (χ1v) is 6.63. The third-order valence-corrected chi connectivity index (χ3v) is 3.01. The minimum atomic E-state index is -0.271. The van der Waals surface area contributed by atoms with Crippen molar-refractivity contribution in [3.63, 3.8) is 0 Å². The molecule has 0 aliphatic heterocycles. The Morgan fingerprint density at radius 2 is 2.00 bits per heavy atom. The van der Waals surface area contributed by atoms with Gasteiger partial charge in [0, 0.05) is 18.8 Å². The van der Waals surface area contributed by atoms with Crippen LogP contribution in [0.1, 0.15) is 32.3 Å². The number of rotatable bonds is 6. The molecular formula is C15H21N3O2. The highest BCUT2D eigenvalue weighted by Gasteiger charge is 2.18. The Balaban J connectivity index is 2.41. The van der Waals surface area contributed by atoms with Crippen molar-refractivity contribution in [1.29, 1.82) is 5.26 Å². The Morgan fingerprint density at radius 3 is 2.55 bits per heavy atom. The molecule has 0 saturated carbocycles. The van der Waals surface area contributed by atoms with Crippen LogP contribution in [0.5, 0.6) is 0 Å². The number of carbonyl (C=O) groups is 1. The molecule has 2 amide bonds. The minimum absolute atomic E-state index is 0.0509. The first-order valence-electron chi connectivity index (χ1n) is 6.63. The van der Waals surface area contributed by atoms with Crippen LogP contribution in [0.2, 0.25) is 0 Å². The molecule has 0 aromatic heterocycles. The number of nitrogens with zero attached hydrogens (tertiary/aromatic N) is 1. The van der Waals surface area contributed by atoms with E-state index in [1.807, 2.05) is 19.9 Å². The van der Waals surface area contributed by atoms with Crippen molar-refractivity contribution in [2.45, 2.75) is 26.7 Å². The zero-order chi connectivity index (χ0) is 15.0. The number of nitrogens with one attached hydrogen (secondary N) is 2. The number of benzene rings is 1. The minimum Gasteiger partial charge on any atom is -0.396 e. The van der Waals surface area contributed by atoms with E-state index in [1.54, 1.807) is 24.3 Å². The maximum Gasteiger partial charge on any atom is 0.319 e. The number of amides is 2. The van der Waals surface area contributed by atoms with Crippen molar-refractivity contribution in [1.82, 2.24) is 5.32 Å². The zero-order valence-electron chi connectivity index (χ0n) is 11.9. The lowest BCUT2D eigenvalue weighted by atomic mass is 9.88. The molecule has 0 radical (unpaired) electrons. The van der Waals surface area contributed by atoms with Crippen LogP contribution in [0.4, 0.5) is 10.5 Å². The number of aliphatic hydroxyl groups is 1. The van der Waals surface area contributed by atoms with Gasteiger partial charge in [-0.25, -0.2) is 4.79 Å². The first kappa shape index (κ1) is 16.0. The van der Waals surface area contributed by atoms with Crippen LogP contribution >= 0.6 is 0 Å². The molecule has 20 heavy (non-hydrogen) atoms. The van der Waals surface area contributed by atoms with Crippen LogP contribution in [0.3, 0.4) is 0 Å². The Labute approximate surface area is 119 Å². The fourth-order valence-corrected chi connectivity index (χ4v) is 1.77. The fraction of sp³-hybridized carbons (Fsp3) is 0.467. The van der Waals surface area contributed by atoms with Gasteiger partial charge >= 0.3 is 6.03 Å². The molecule has 0 fully saturated rings. The van der Waals surface area contributed by atoms with Crippen molar-refractivity contribution >= 4 is 11.7 Å². The van der Waals surface area contributed by atoms with Crippen molar-refractivity contribution < 1.29 is 9.90 Å². The summed E-state index contributed by atoms with van der Waals surface area (Å²) in [5, 5.41) is 23.0. The Bertz CT molecular complexity index is 475. The highest BCUT2D eigenvalue weighted by atomic mass is 16.2. The summed E-state index contributed by atoms with van der Waals surface area (Å²) in [5.41, 5.74) is 1.15.